The number of anilines is 1. The Morgan fingerprint density at radius 1 is 1.08 bits per heavy atom. The second-order valence-corrected chi connectivity index (χ2v) is 6.98. The van der Waals surface area contributed by atoms with E-state index in [0.717, 1.165) is 11.3 Å². The van der Waals surface area contributed by atoms with Gasteiger partial charge < -0.3 is 9.80 Å². The summed E-state index contributed by atoms with van der Waals surface area (Å²) in [4.78, 5) is 26.9. The van der Waals surface area contributed by atoms with Crippen LogP contribution in [0.25, 0.3) is 0 Å². The van der Waals surface area contributed by atoms with E-state index in [1.165, 1.54) is 18.2 Å². The van der Waals surface area contributed by atoms with Crippen LogP contribution in [0, 0.1) is 17.0 Å². The molecule has 1 aliphatic heterocycles. The monoisotopic (exact) mass is 393 g/mol. The van der Waals surface area contributed by atoms with Crippen molar-refractivity contribution in [2.45, 2.75) is 6.92 Å². The quantitative estimate of drug-likeness (QED) is 0.579. The lowest BCUT2D eigenvalue weighted by molar-refractivity contribution is -0.384. The number of hydrogen-bond donors (Lipinski definition) is 0. The smallest absolute Gasteiger partial charge is 0.287 e. The lowest BCUT2D eigenvalue weighted by Crippen LogP contribution is -2.49. The molecule has 0 spiro atoms. The van der Waals surface area contributed by atoms with Crippen molar-refractivity contribution in [1.29, 1.82) is 0 Å². The van der Waals surface area contributed by atoms with Gasteiger partial charge in [0, 0.05) is 48.5 Å². The number of nitro benzene ring substituents is 1. The Bertz CT molecular complexity index is 865. The van der Waals surface area contributed by atoms with Crippen molar-refractivity contribution in [1.82, 2.24) is 4.90 Å². The van der Waals surface area contributed by atoms with E-state index in [0.29, 0.717) is 36.8 Å². The molecule has 6 nitrogen and oxygen atoms in total. The number of amides is 1. The molecule has 0 N–H and O–H groups in total. The van der Waals surface area contributed by atoms with Crippen molar-refractivity contribution in [2.75, 3.05) is 31.1 Å². The Labute approximate surface area is 161 Å². The van der Waals surface area contributed by atoms with E-state index in [1.54, 1.807) is 4.90 Å². The Morgan fingerprint density at radius 3 is 2.38 bits per heavy atom. The number of aryl methyl sites for hydroxylation is 1. The van der Waals surface area contributed by atoms with Crippen LogP contribution >= 0.6 is 23.2 Å². The van der Waals surface area contributed by atoms with Gasteiger partial charge in [-0.1, -0.05) is 29.3 Å². The summed E-state index contributed by atoms with van der Waals surface area (Å²) >= 11 is 12.0. The number of piperazine rings is 1. The molecule has 1 heterocycles. The fourth-order valence-corrected chi connectivity index (χ4v) is 3.46. The highest BCUT2D eigenvalue weighted by Crippen LogP contribution is 2.27. The summed E-state index contributed by atoms with van der Waals surface area (Å²) in [7, 11) is 0. The summed E-state index contributed by atoms with van der Waals surface area (Å²) in [6.45, 7) is 4.52. The molecule has 0 aliphatic carbocycles. The third-order valence-electron chi connectivity index (χ3n) is 4.47. The van der Waals surface area contributed by atoms with Crippen molar-refractivity contribution < 1.29 is 9.72 Å². The number of carbonyl (C=O) groups excluding carboxylic acids is 1. The standard InChI is InChI=1S/C18H17Cl2N3O3/c1-12-2-4-14(19)11-17(12)21-6-8-22(9-7-21)18(24)13-3-5-16(23(25)26)15(20)10-13/h2-5,10-11H,6-9H2,1H3. The zero-order valence-electron chi connectivity index (χ0n) is 14.1. The van der Waals surface area contributed by atoms with E-state index in [-0.39, 0.29) is 16.6 Å². The van der Waals surface area contributed by atoms with Crippen molar-refractivity contribution in [3.05, 3.63) is 67.7 Å². The van der Waals surface area contributed by atoms with Gasteiger partial charge in [-0.25, -0.2) is 0 Å². The minimum Gasteiger partial charge on any atom is -0.368 e. The first-order chi connectivity index (χ1) is 12.4. The molecule has 0 radical (unpaired) electrons. The van der Waals surface area contributed by atoms with E-state index in [4.69, 9.17) is 23.2 Å². The third kappa shape index (κ3) is 3.76. The predicted octanol–water partition coefficient (Wildman–Crippen LogP) is 4.17. The number of rotatable bonds is 3. The predicted molar refractivity (Wildman–Crippen MR) is 102 cm³/mol. The molecule has 1 fully saturated rings. The second-order valence-electron chi connectivity index (χ2n) is 6.13. The largest absolute Gasteiger partial charge is 0.368 e. The van der Waals surface area contributed by atoms with Crippen LogP contribution in [0.3, 0.4) is 0 Å². The number of carbonyl (C=O) groups is 1. The molecular weight excluding hydrogens is 377 g/mol. The van der Waals surface area contributed by atoms with Gasteiger partial charge in [0.05, 0.1) is 4.92 Å². The Balaban J connectivity index is 1.70. The molecule has 0 aromatic heterocycles. The Hall–Kier alpha value is -2.31. The maximum atomic E-state index is 12.7. The molecule has 0 atom stereocenters. The van der Waals surface area contributed by atoms with Crippen LogP contribution in [0.1, 0.15) is 15.9 Å². The van der Waals surface area contributed by atoms with Crippen LogP contribution in [0.4, 0.5) is 11.4 Å². The number of benzene rings is 2. The molecule has 0 unspecified atom stereocenters. The summed E-state index contributed by atoms with van der Waals surface area (Å²) in [6.07, 6.45) is 0. The zero-order valence-corrected chi connectivity index (χ0v) is 15.6. The van der Waals surface area contributed by atoms with Crippen LogP contribution in [0.15, 0.2) is 36.4 Å². The topological polar surface area (TPSA) is 66.7 Å². The number of nitro groups is 1. The van der Waals surface area contributed by atoms with Gasteiger partial charge in [0.15, 0.2) is 0 Å². The van der Waals surface area contributed by atoms with Gasteiger partial charge in [0.25, 0.3) is 11.6 Å². The molecular formula is C18H17Cl2N3O3. The van der Waals surface area contributed by atoms with Crippen LogP contribution in [0.2, 0.25) is 10.0 Å². The lowest BCUT2D eigenvalue weighted by Gasteiger charge is -2.37. The van der Waals surface area contributed by atoms with Gasteiger partial charge in [0.2, 0.25) is 0 Å². The molecule has 8 heteroatoms. The van der Waals surface area contributed by atoms with Gasteiger partial charge in [-0.15, -0.1) is 0 Å². The van der Waals surface area contributed by atoms with E-state index in [1.807, 2.05) is 25.1 Å². The highest BCUT2D eigenvalue weighted by Gasteiger charge is 2.24. The van der Waals surface area contributed by atoms with Crippen molar-refractivity contribution in [2.24, 2.45) is 0 Å². The van der Waals surface area contributed by atoms with Crippen LogP contribution < -0.4 is 4.90 Å². The third-order valence-corrected chi connectivity index (χ3v) is 5.01. The van der Waals surface area contributed by atoms with Gasteiger partial charge >= 0.3 is 0 Å². The highest BCUT2D eigenvalue weighted by molar-refractivity contribution is 6.33. The molecule has 136 valence electrons. The SMILES string of the molecule is Cc1ccc(Cl)cc1N1CCN(C(=O)c2ccc([N+](=O)[O-])c(Cl)c2)CC1. The van der Waals surface area contributed by atoms with Crippen molar-refractivity contribution >= 4 is 40.5 Å². The van der Waals surface area contributed by atoms with Crippen molar-refractivity contribution in [3.8, 4) is 0 Å². The van der Waals surface area contributed by atoms with Gasteiger partial charge in [0.1, 0.15) is 5.02 Å². The summed E-state index contributed by atoms with van der Waals surface area (Å²) in [5, 5.41) is 11.5. The maximum absolute atomic E-state index is 12.7. The first-order valence-electron chi connectivity index (χ1n) is 8.11. The first kappa shape index (κ1) is 18.5. The highest BCUT2D eigenvalue weighted by atomic mass is 35.5. The van der Waals surface area contributed by atoms with E-state index in [9.17, 15) is 14.9 Å². The summed E-state index contributed by atoms with van der Waals surface area (Å²) in [5.74, 6) is -0.177. The molecule has 0 saturated carbocycles. The van der Waals surface area contributed by atoms with E-state index in [2.05, 4.69) is 4.90 Å². The molecule has 2 aromatic rings. The Morgan fingerprint density at radius 2 is 1.77 bits per heavy atom. The number of halogens is 2. The number of nitrogens with zero attached hydrogens (tertiary/aromatic N) is 3. The molecule has 1 amide bonds. The Kier molecular flexibility index (Phi) is 5.34. The van der Waals surface area contributed by atoms with Crippen LogP contribution in [-0.2, 0) is 0 Å². The molecule has 1 aliphatic rings. The molecule has 0 bridgehead atoms. The first-order valence-corrected chi connectivity index (χ1v) is 8.86. The molecule has 2 aromatic carbocycles. The molecule has 26 heavy (non-hydrogen) atoms. The summed E-state index contributed by atoms with van der Waals surface area (Å²) in [5.41, 5.74) is 2.36. The fraction of sp³-hybridized carbons (Fsp3) is 0.278. The van der Waals surface area contributed by atoms with Crippen LogP contribution in [-0.4, -0.2) is 41.9 Å². The van der Waals surface area contributed by atoms with E-state index < -0.39 is 4.92 Å². The maximum Gasteiger partial charge on any atom is 0.287 e. The van der Waals surface area contributed by atoms with Crippen molar-refractivity contribution in [3.63, 3.8) is 0 Å². The van der Waals surface area contributed by atoms with Gasteiger partial charge in [-0.3, -0.25) is 14.9 Å². The molecule has 3 rings (SSSR count). The second kappa shape index (κ2) is 7.51. The summed E-state index contributed by atoms with van der Waals surface area (Å²) < 4.78 is 0. The minimum atomic E-state index is -0.567. The van der Waals surface area contributed by atoms with Crippen LogP contribution in [0.5, 0.6) is 0 Å². The lowest BCUT2D eigenvalue weighted by atomic mass is 10.1. The molecule has 1 saturated heterocycles. The average molecular weight is 394 g/mol. The minimum absolute atomic E-state index is 0.0333. The normalized spacial score (nSPS) is 14.4. The zero-order chi connectivity index (χ0) is 18.8. The fourth-order valence-electron chi connectivity index (χ4n) is 3.04. The summed E-state index contributed by atoms with van der Waals surface area (Å²) in [6, 6.07) is 9.84. The average Bonchev–Trinajstić information content (AvgIpc) is 2.63. The van der Waals surface area contributed by atoms with E-state index >= 15 is 0 Å². The number of hydrogen-bond acceptors (Lipinski definition) is 4. The van der Waals surface area contributed by atoms with Gasteiger partial charge in [-0.05, 0) is 36.8 Å². The van der Waals surface area contributed by atoms with Gasteiger partial charge in [-0.2, -0.15) is 0 Å².